The minimum Gasteiger partial charge on any atom is -0.479 e. The zero-order valence-corrected chi connectivity index (χ0v) is 10.6. The molecule has 0 unspecified atom stereocenters. The van der Waals surface area contributed by atoms with Gasteiger partial charge in [0.1, 0.15) is 3.70 Å². The van der Waals surface area contributed by atoms with Crippen molar-refractivity contribution in [3.05, 3.63) is 21.8 Å². The van der Waals surface area contributed by atoms with Gasteiger partial charge < -0.3 is 10.2 Å². The van der Waals surface area contributed by atoms with Crippen molar-refractivity contribution in [3.63, 3.8) is 0 Å². The number of hydrogen-bond acceptors (Lipinski definition) is 3. The number of nitrogens with zero attached hydrogens (tertiary/aromatic N) is 4. The first kappa shape index (κ1) is 9.83. The van der Waals surface area contributed by atoms with E-state index in [0.29, 0.717) is 5.78 Å². The maximum Gasteiger partial charge on any atom is 0.159 e. The first-order valence-electron chi connectivity index (χ1n) is 2.85. The van der Waals surface area contributed by atoms with Gasteiger partial charge in [0, 0.05) is 26.6 Å². The van der Waals surface area contributed by atoms with Crippen LogP contribution in [-0.4, -0.2) is 19.6 Å². The van der Waals surface area contributed by atoms with Crippen LogP contribution in [-0.2, 0) is 20.4 Å². The Kier molecular flexibility index (Phi) is 2.98. The molecule has 12 heavy (non-hydrogen) atoms. The zero-order chi connectivity index (χ0) is 7.84. The van der Waals surface area contributed by atoms with Crippen molar-refractivity contribution in [2.45, 2.75) is 0 Å². The van der Waals surface area contributed by atoms with E-state index in [1.54, 1.807) is 6.20 Å². The van der Waals surface area contributed by atoms with Gasteiger partial charge in [-0.05, 0) is 28.4 Å². The van der Waals surface area contributed by atoms with Crippen LogP contribution < -0.4 is 0 Å². The number of hydrogen-bond donors (Lipinski definition) is 0. The summed E-state index contributed by atoms with van der Waals surface area (Å²) in [6, 6.07) is 0. The maximum atomic E-state index is 7.34. The Morgan fingerprint density at radius 1 is 1.33 bits per heavy atom. The maximum absolute atomic E-state index is 7.34. The summed E-state index contributed by atoms with van der Waals surface area (Å²) in [6.45, 7) is 0. The summed E-state index contributed by atoms with van der Waals surface area (Å²) in [6.07, 6.45) is 3.04. The van der Waals surface area contributed by atoms with Crippen LogP contribution in [0.1, 0.15) is 0 Å². The number of halogens is 1. The number of rotatable bonds is 0. The molecule has 0 aromatic carbocycles. The Bertz CT molecular complexity index is 400. The summed E-state index contributed by atoms with van der Waals surface area (Å²) in [4.78, 5) is 7.82. The monoisotopic (exact) mass is 447 g/mol. The van der Waals surface area contributed by atoms with Crippen molar-refractivity contribution >= 4 is 34.2 Å². The van der Waals surface area contributed by atoms with Crippen LogP contribution in [0.4, 0.5) is 5.82 Å². The van der Waals surface area contributed by atoms with Crippen molar-refractivity contribution < 1.29 is 20.4 Å². The van der Waals surface area contributed by atoms with E-state index in [-0.39, 0.29) is 26.2 Å². The van der Waals surface area contributed by atoms with E-state index < -0.39 is 0 Å². The molecule has 2 rings (SSSR count). The molecule has 2 aromatic heterocycles. The van der Waals surface area contributed by atoms with Crippen molar-refractivity contribution in [1.82, 2.24) is 19.6 Å². The van der Waals surface area contributed by atoms with Crippen LogP contribution in [0.25, 0.3) is 11.5 Å². The molecule has 0 saturated carbocycles. The fourth-order valence-electron chi connectivity index (χ4n) is 0.755. The van der Waals surface area contributed by atoms with Crippen molar-refractivity contribution in [1.29, 1.82) is 0 Å². The number of nitrogens with one attached hydrogen (secondary N) is 1. The first-order valence-corrected chi connectivity index (χ1v) is 3.93. The molecule has 0 aliphatic carbocycles. The van der Waals surface area contributed by atoms with Crippen LogP contribution in [0.2, 0.25) is 0 Å². The molecule has 2 aromatic rings. The van der Waals surface area contributed by atoms with Crippen molar-refractivity contribution in [3.8, 4) is 0 Å². The average Bonchev–Trinajstić information content (AvgIpc) is 2.33. The largest absolute Gasteiger partial charge is 0.479 e. The van der Waals surface area contributed by atoms with Crippen molar-refractivity contribution in [2.75, 3.05) is 0 Å². The minimum atomic E-state index is 0. The summed E-state index contributed by atoms with van der Waals surface area (Å²) in [7, 11) is 0. The standard InChI is InChI=1S/C5H3IN5.Re/c6-3-1-8-5-9-2-4(7)11(5)10-3;/h1-2,7H;/q-1;. The van der Waals surface area contributed by atoms with Gasteiger partial charge >= 0.3 is 0 Å². The Labute approximate surface area is 95.6 Å². The van der Waals surface area contributed by atoms with Gasteiger partial charge in [0.15, 0.2) is 5.78 Å². The van der Waals surface area contributed by atoms with E-state index in [1.807, 2.05) is 22.6 Å². The molecule has 7 heteroatoms. The van der Waals surface area contributed by atoms with E-state index in [4.69, 9.17) is 5.73 Å². The molecular weight excluding hydrogens is 443 g/mol. The summed E-state index contributed by atoms with van der Waals surface area (Å²) in [5.74, 6) is 0.724. The summed E-state index contributed by atoms with van der Waals surface area (Å²) < 4.78 is 2.14. The quantitative estimate of drug-likeness (QED) is 0.575. The Balaban J connectivity index is 0.000000720. The molecule has 0 bridgehead atoms. The van der Waals surface area contributed by atoms with Crippen molar-refractivity contribution in [2.24, 2.45) is 0 Å². The van der Waals surface area contributed by atoms with Gasteiger partial charge in [0.2, 0.25) is 0 Å². The van der Waals surface area contributed by atoms with Crippen LogP contribution in [0.5, 0.6) is 0 Å². The number of imidazole rings is 1. The van der Waals surface area contributed by atoms with Crippen LogP contribution in [0.15, 0.2) is 12.4 Å². The van der Waals surface area contributed by atoms with Gasteiger partial charge in [0.05, 0.1) is 6.20 Å². The van der Waals surface area contributed by atoms with E-state index in [1.165, 1.54) is 10.7 Å². The van der Waals surface area contributed by atoms with Gasteiger partial charge in [0.25, 0.3) is 0 Å². The molecule has 1 radical (unpaired) electrons. The molecular formula is C5H3IN5Re-. The predicted molar refractivity (Wildman–Crippen MR) is 47.5 cm³/mol. The Morgan fingerprint density at radius 3 is 2.75 bits per heavy atom. The van der Waals surface area contributed by atoms with Crippen LogP contribution >= 0.6 is 22.6 Å². The molecule has 5 nitrogen and oxygen atoms in total. The number of fused-ring (bicyclic) bond motifs is 1. The second-order valence-corrected chi connectivity index (χ2v) is 3.04. The molecule has 1 N–H and O–H groups in total. The third kappa shape index (κ3) is 1.58. The molecule has 0 atom stereocenters. The summed E-state index contributed by atoms with van der Waals surface area (Å²) >= 11 is 2.04. The van der Waals surface area contributed by atoms with Crippen LogP contribution in [0.3, 0.4) is 0 Å². The predicted octanol–water partition coefficient (Wildman–Crippen LogP) is 1.41. The van der Waals surface area contributed by atoms with E-state index >= 15 is 0 Å². The molecule has 63 valence electrons. The first-order chi connectivity index (χ1) is 5.27. The average molecular weight is 446 g/mol. The second kappa shape index (κ2) is 3.64. The molecule has 0 amide bonds. The normalized spacial score (nSPS) is 9.75. The van der Waals surface area contributed by atoms with Crippen LogP contribution in [0, 0.1) is 3.70 Å². The topological polar surface area (TPSA) is 66.9 Å². The van der Waals surface area contributed by atoms with E-state index in [0.717, 1.165) is 3.70 Å². The molecule has 0 saturated heterocycles. The zero-order valence-electron chi connectivity index (χ0n) is 5.70. The summed E-state index contributed by atoms with van der Waals surface area (Å²) in [5.41, 5.74) is 7.34. The van der Waals surface area contributed by atoms with Gasteiger partial charge in [-0.1, -0.05) is 0 Å². The third-order valence-electron chi connectivity index (χ3n) is 1.20. The molecule has 0 spiro atoms. The Hall–Kier alpha value is -0.258. The molecule has 0 fully saturated rings. The van der Waals surface area contributed by atoms with Gasteiger partial charge in [-0.3, -0.25) is 0 Å². The molecule has 0 aliphatic heterocycles. The van der Waals surface area contributed by atoms with Gasteiger partial charge in [-0.2, -0.15) is 0 Å². The molecule has 2 heterocycles. The minimum absolute atomic E-state index is 0. The SMILES string of the molecule is [NH-]c1cnc2ncc(I)nn12.[Re]. The summed E-state index contributed by atoms with van der Waals surface area (Å²) in [5, 5.41) is 4.03. The fourth-order valence-corrected chi connectivity index (χ4v) is 1.11. The molecule has 0 aliphatic rings. The van der Waals surface area contributed by atoms with E-state index in [2.05, 4.69) is 15.1 Å². The van der Waals surface area contributed by atoms with Gasteiger partial charge in [-0.15, -0.1) is 0 Å². The smallest absolute Gasteiger partial charge is 0.159 e. The number of aromatic nitrogens is 4. The third-order valence-corrected chi connectivity index (χ3v) is 1.70. The second-order valence-electron chi connectivity index (χ2n) is 1.94. The van der Waals surface area contributed by atoms with E-state index in [9.17, 15) is 0 Å². The Morgan fingerprint density at radius 2 is 2.00 bits per heavy atom. The van der Waals surface area contributed by atoms with Gasteiger partial charge in [-0.25, -0.2) is 15.1 Å². The fraction of sp³-hybridized carbons (Fsp3) is 0.